The zero-order chi connectivity index (χ0) is 15.2. The van der Waals surface area contributed by atoms with Crippen LogP contribution in [0.25, 0.3) is 0 Å². The van der Waals surface area contributed by atoms with Gasteiger partial charge in [0.05, 0.1) is 17.5 Å². The number of carbonyl (C=O) groups excluding carboxylic acids is 2. The molecule has 1 aromatic carbocycles. The fourth-order valence-electron chi connectivity index (χ4n) is 1.81. The van der Waals surface area contributed by atoms with Crippen molar-refractivity contribution in [3.05, 3.63) is 34.4 Å². The monoisotopic (exact) mass is 291 g/mol. The van der Waals surface area contributed by atoms with Gasteiger partial charge in [0, 0.05) is 6.54 Å². The lowest BCUT2D eigenvalue weighted by atomic mass is 10.1. The highest BCUT2D eigenvalue weighted by Crippen LogP contribution is 2.31. The van der Waals surface area contributed by atoms with Crippen molar-refractivity contribution in [3.8, 4) is 0 Å². The molecule has 0 bridgehead atoms. The third-order valence-electron chi connectivity index (χ3n) is 2.73. The lowest BCUT2D eigenvalue weighted by Crippen LogP contribution is -2.32. The van der Waals surface area contributed by atoms with Crippen LogP contribution in [0.1, 0.15) is 27.1 Å². The normalized spacial score (nSPS) is 13.9. The van der Waals surface area contributed by atoms with Crippen LogP contribution in [0.2, 0.25) is 0 Å². The highest BCUT2D eigenvalue weighted by molar-refractivity contribution is 6.21. The first-order valence-corrected chi connectivity index (χ1v) is 5.21. The first-order valence-electron chi connectivity index (χ1n) is 5.21. The molecule has 1 N–H and O–H groups in total. The number of fused-ring (bicyclic) bond motifs is 1. The summed E-state index contributed by atoms with van der Waals surface area (Å²) in [6.45, 7) is -0.663. The standard InChI is InChI=1S/C11H5F4NO4/c12-6-4-5(7(13)9(15)8(6)14)11(20)16(10(4)19)2-1-3(17)18/h1-2H2,(H,17,18). The molecule has 0 radical (unpaired) electrons. The number of halogens is 4. The molecule has 0 fully saturated rings. The quantitative estimate of drug-likeness (QED) is 0.394. The number of carboxylic acid groups (broad SMARTS) is 1. The van der Waals surface area contributed by atoms with E-state index in [9.17, 15) is 31.9 Å². The SMILES string of the molecule is O=C(O)CCN1C(=O)c2c(F)c(F)c(F)c(F)c2C1=O. The Morgan fingerprint density at radius 3 is 1.65 bits per heavy atom. The zero-order valence-electron chi connectivity index (χ0n) is 9.55. The van der Waals surface area contributed by atoms with Crippen molar-refractivity contribution in [1.82, 2.24) is 4.90 Å². The van der Waals surface area contributed by atoms with E-state index in [0.717, 1.165) is 0 Å². The van der Waals surface area contributed by atoms with E-state index < -0.39 is 65.1 Å². The number of rotatable bonds is 3. The second kappa shape index (κ2) is 4.58. The van der Waals surface area contributed by atoms with Crippen LogP contribution in [0.15, 0.2) is 0 Å². The van der Waals surface area contributed by atoms with Crippen molar-refractivity contribution >= 4 is 17.8 Å². The van der Waals surface area contributed by atoms with Crippen LogP contribution in [-0.4, -0.2) is 34.3 Å². The average molecular weight is 291 g/mol. The van der Waals surface area contributed by atoms with Crippen molar-refractivity contribution in [3.63, 3.8) is 0 Å². The van der Waals surface area contributed by atoms with E-state index in [1.165, 1.54) is 0 Å². The van der Waals surface area contributed by atoms with Crippen LogP contribution in [0, 0.1) is 23.3 Å². The summed E-state index contributed by atoms with van der Waals surface area (Å²) < 4.78 is 52.9. The summed E-state index contributed by atoms with van der Waals surface area (Å²) in [6, 6.07) is 0. The average Bonchev–Trinajstić information content (AvgIpc) is 2.63. The Labute approximate surface area is 108 Å². The molecule has 1 aliphatic heterocycles. The summed E-state index contributed by atoms with van der Waals surface area (Å²) in [4.78, 5) is 33.9. The molecule has 1 aliphatic rings. The minimum Gasteiger partial charge on any atom is -0.481 e. The minimum absolute atomic E-state index is 0.226. The summed E-state index contributed by atoms with van der Waals surface area (Å²) in [5.41, 5.74) is -2.45. The number of amides is 2. The Bertz CT molecular complexity index is 612. The van der Waals surface area contributed by atoms with Crippen LogP contribution in [0.4, 0.5) is 17.6 Å². The summed E-state index contributed by atoms with van der Waals surface area (Å²) in [5, 5.41) is 8.44. The molecule has 1 heterocycles. The van der Waals surface area contributed by atoms with E-state index in [1.807, 2.05) is 0 Å². The van der Waals surface area contributed by atoms with Gasteiger partial charge >= 0.3 is 5.97 Å². The molecule has 0 atom stereocenters. The number of aliphatic carboxylic acids is 1. The van der Waals surface area contributed by atoms with Gasteiger partial charge in [0.2, 0.25) is 0 Å². The van der Waals surface area contributed by atoms with Gasteiger partial charge < -0.3 is 5.11 Å². The maximum Gasteiger partial charge on any atom is 0.305 e. The minimum atomic E-state index is -2.21. The predicted molar refractivity (Wildman–Crippen MR) is 53.9 cm³/mol. The Hall–Kier alpha value is -2.45. The van der Waals surface area contributed by atoms with Gasteiger partial charge in [-0.2, -0.15) is 0 Å². The van der Waals surface area contributed by atoms with E-state index >= 15 is 0 Å². The highest BCUT2D eigenvalue weighted by Gasteiger charge is 2.43. The molecular weight excluding hydrogens is 286 g/mol. The molecule has 0 aliphatic carbocycles. The molecule has 0 unspecified atom stereocenters. The number of carbonyl (C=O) groups is 3. The Kier molecular flexibility index (Phi) is 3.20. The molecule has 1 aromatic rings. The van der Waals surface area contributed by atoms with Crippen LogP contribution >= 0.6 is 0 Å². The maximum absolute atomic E-state index is 13.4. The molecule has 5 nitrogen and oxygen atoms in total. The third-order valence-corrected chi connectivity index (χ3v) is 2.73. The van der Waals surface area contributed by atoms with E-state index in [0.29, 0.717) is 0 Å². The maximum atomic E-state index is 13.4. The smallest absolute Gasteiger partial charge is 0.305 e. The van der Waals surface area contributed by atoms with Crippen molar-refractivity contribution in [2.24, 2.45) is 0 Å². The molecule has 0 saturated carbocycles. The Morgan fingerprint density at radius 2 is 1.30 bits per heavy atom. The second-order valence-corrected chi connectivity index (χ2v) is 3.91. The fraction of sp³-hybridized carbons (Fsp3) is 0.182. The first kappa shape index (κ1) is 14.0. The van der Waals surface area contributed by atoms with Gasteiger partial charge in [-0.3, -0.25) is 19.3 Å². The topological polar surface area (TPSA) is 74.7 Å². The molecule has 0 spiro atoms. The van der Waals surface area contributed by atoms with Crippen LogP contribution in [0.3, 0.4) is 0 Å². The van der Waals surface area contributed by atoms with Gasteiger partial charge in [-0.1, -0.05) is 0 Å². The van der Waals surface area contributed by atoms with Gasteiger partial charge in [0.1, 0.15) is 0 Å². The van der Waals surface area contributed by atoms with E-state index in [-0.39, 0.29) is 4.90 Å². The van der Waals surface area contributed by atoms with E-state index in [4.69, 9.17) is 5.11 Å². The summed E-state index contributed by atoms with van der Waals surface area (Å²) in [5.74, 6) is -12.5. The number of hydrogen-bond acceptors (Lipinski definition) is 3. The molecule has 20 heavy (non-hydrogen) atoms. The van der Waals surface area contributed by atoms with Crippen LogP contribution in [-0.2, 0) is 4.79 Å². The summed E-state index contributed by atoms with van der Waals surface area (Å²) in [6.07, 6.45) is -0.667. The zero-order valence-corrected chi connectivity index (χ0v) is 9.55. The van der Waals surface area contributed by atoms with E-state index in [2.05, 4.69) is 0 Å². The van der Waals surface area contributed by atoms with Crippen molar-refractivity contribution in [1.29, 1.82) is 0 Å². The molecule has 2 rings (SSSR count). The molecular formula is C11H5F4NO4. The van der Waals surface area contributed by atoms with Crippen molar-refractivity contribution in [2.45, 2.75) is 6.42 Å². The molecule has 0 saturated heterocycles. The Morgan fingerprint density at radius 1 is 0.900 bits per heavy atom. The number of hydrogen-bond donors (Lipinski definition) is 1. The van der Waals surface area contributed by atoms with Gasteiger partial charge in [0.15, 0.2) is 23.3 Å². The molecule has 0 aromatic heterocycles. The number of carboxylic acids is 1. The van der Waals surface area contributed by atoms with Crippen molar-refractivity contribution in [2.75, 3.05) is 6.54 Å². The van der Waals surface area contributed by atoms with Gasteiger partial charge in [0.25, 0.3) is 11.8 Å². The van der Waals surface area contributed by atoms with Crippen LogP contribution < -0.4 is 0 Å². The summed E-state index contributed by atoms with van der Waals surface area (Å²) in [7, 11) is 0. The highest BCUT2D eigenvalue weighted by atomic mass is 19.2. The van der Waals surface area contributed by atoms with Crippen LogP contribution in [0.5, 0.6) is 0 Å². The lowest BCUT2D eigenvalue weighted by Gasteiger charge is -2.11. The first-order chi connectivity index (χ1) is 9.27. The second-order valence-electron chi connectivity index (χ2n) is 3.91. The third kappa shape index (κ3) is 1.82. The largest absolute Gasteiger partial charge is 0.481 e. The molecule has 2 amide bonds. The van der Waals surface area contributed by atoms with E-state index in [1.54, 1.807) is 0 Å². The van der Waals surface area contributed by atoms with Crippen molar-refractivity contribution < 1.29 is 37.1 Å². The number of benzene rings is 1. The lowest BCUT2D eigenvalue weighted by molar-refractivity contribution is -0.137. The van der Waals surface area contributed by atoms with Gasteiger partial charge in [-0.05, 0) is 0 Å². The van der Waals surface area contributed by atoms with Gasteiger partial charge in [-0.25, -0.2) is 17.6 Å². The summed E-state index contributed by atoms with van der Waals surface area (Å²) >= 11 is 0. The van der Waals surface area contributed by atoms with Gasteiger partial charge in [-0.15, -0.1) is 0 Å². The fourth-order valence-corrected chi connectivity index (χ4v) is 1.81. The predicted octanol–water partition coefficient (Wildman–Crippen LogP) is 1.31. The molecule has 9 heteroatoms. The number of nitrogens with zero attached hydrogens (tertiary/aromatic N) is 1. The number of imide groups is 1. The molecule has 106 valence electrons. The Balaban J connectivity index is 2.54.